The van der Waals surface area contributed by atoms with Crippen molar-refractivity contribution in [3.8, 4) is 0 Å². The Morgan fingerprint density at radius 1 is 1.26 bits per heavy atom. The first-order valence-electron chi connectivity index (χ1n) is 11.1. The molecule has 2 atom stereocenters. The van der Waals surface area contributed by atoms with Gasteiger partial charge < -0.3 is 10.4 Å². The first kappa shape index (κ1) is 29.2. The van der Waals surface area contributed by atoms with Crippen molar-refractivity contribution >= 4 is 88.0 Å². The number of aryl methyl sites for hydroxylation is 1. The Hall–Kier alpha value is -1.83. The van der Waals surface area contributed by atoms with Crippen LogP contribution in [-0.4, -0.2) is 72.7 Å². The molecular formula is C24H22Cl2N4O4S4. The van der Waals surface area contributed by atoms with E-state index in [1.807, 2.05) is 25.3 Å². The van der Waals surface area contributed by atoms with Crippen LogP contribution in [0.2, 0.25) is 10.0 Å². The number of hydrogen-bond acceptors (Lipinski definition) is 9. The SMILES string of the molecule is CSc1nc(C)cc(SC/C=C/C2=C(C(=O)O)N3C(=O)[C@@H](NC(=O)CSc4cc(Cl)ccc4Cl)[C@H]3SC2)n1. The van der Waals surface area contributed by atoms with Crippen LogP contribution < -0.4 is 5.32 Å². The van der Waals surface area contributed by atoms with Gasteiger partial charge in [0.1, 0.15) is 22.1 Å². The lowest BCUT2D eigenvalue weighted by Gasteiger charge is -2.49. The summed E-state index contributed by atoms with van der Waals surface area (Å²) in [5.41, 5.74) is 1.38. The summed E-state index contributed by atoms with van der Waals surface area (Å²) < 4.78 is 0. The Morgan fingerprint density at radius 3 is 2.79 bits per heavy atom. The van der Waals surface area contributed by atoms with E-state index in [-0.39, 0.29) is 17.4 Å². The lowest BCUT2D eigenvalue weighted by molar-refractivity contribution is -0.150. The van der Waals surface area contributed by atoms with E-state index in [0.29, 0.717) is 37.2 Å². The standard InChI is InChI=1S/C24H22Cl2N4O4S4/c1-12-8-18(29-24(27-12)35-2)36-7-3-4-13-10-38-22-19(21(32)30(22)20(13)23(33)34)28-17(31)11-37-16-9-14(25)5-6-15(16)26/h3-6,8-9,19,22H,7,10-11H2,1-2H3,(H,28,31)(H,33,34)/b4-3+/t19-,22-/m1/s1. The number of benzene rings is 1. The number of nitrogens with one attached hydrogen (secondary N) is 1. The topological polar surface area (TPSA) is 112 Å². The van der Waals surface area contributed by atoms with Gasteiger partial charge >= 0.3 is 5.97 Å². The minimum atomic E-state index is -1.18. The summed E-state index contributed by atoms with van der Waals surface area (Å²) in [7, 11) is 0. The van der Waals surface area contributed by atoms with Crippen LogP contribution in [0.15, 0.2) is 62.8 Å². The molecule has 0 saturated carbocycles. The van der Waals surface area contributed by atoms with Gasteiger partial charge in [0.05, 0.1) is 10.8 Å². The molecule has 2 aliphatic rings. The highest BCUT2D eigenvalue weighted by Gasteiger charge is 2.53. The number of allylic oxidation sites excluding steroid dienone is 1. The second-order valence-corrected chi connectivity index (χ2v) is 12.8. The Morgan fingerprint density at radius 2 is 2.05 bits per heavy atom. The van der Waals surface area contributed by atoms with Crippen LogP contribution in [0.5, 0.6) is 0 Å². The van der Waals surface area contributed by atoms with Crippen LogP contribution in [0.3, 0.4) is 0 Å². The van der Waals surface area contributed by atoms with Gasteiger partial charge in [-0.15, -0.1) is 35.3 Å². The van der Waals surface area contributed by atoms with E-state index in [1.165, 1.54) is 51.9 Å². The number of fused-ring (bicyclic) bond motifs is 1. The number of nitrogens with zero attached hydrogens (tertiary/aromatic N) is 3. The van der Waals surface area contributed by atoms with Gasteiger partial charge in [0, 0.05) is 27.1 Å². The average molecular weight is 630 g/mol. The molecule has 2 amide bonds. The smallest absolute Gasteiger partial charge is 0.352 e. The number of aromatic nitrogens is 2. The number of amides is 2. The molecule has 0 radical (unpaired) electrons. The number of hydrogen-bond donors (Lipinski definition) is 2. The van der Waals surface area contributed by atoms with Crippen molar-refractivity contribution in [2.75, 3.05) is 23.5 Å². The Bertz CT molecular complexity index is 1340. The highest BCUT2D eigenvalue weighted by molar-refractivity contribution is 8.00. The van der Waals surface area contributed by atoms with Crippen molar-refractivity contribution in [1.29, 1.82) is 0 Å². The molecule has 1 aromatic heterocycles. The molecule has 1 saturated heterocycles. The Balaban J connectivity index is 1.36. The molecular weight excluding hydrogens is 607 g/mol. The van der Waals surface area contributed by atoms with Gasteiger partial charge in [-0.05, 0) is 43.0 Å². The third kappa shape index (κ3) is 6.83. The number of carboxylic acid groups (broad SMARTS) is 1. The second kappa shape index (κ2) is 13.0. The van der Waals surface area contributed by atoms with Crippen molar-refractivity contribution in [1.82, 2.24) is 20.2 Å². The molecule has 0 spiro atoms. The minimum Gasteiger partial charge on any atom is -0.477 e. The van der Waals surface area contributed by atoms with Crippen LogP contribution >= 0.6 is 70.2 Å². The number of β-lactam (4-membered cyclic amide) rings is 1. The largest absolute Gasteiger partial charge is 0.477 e. The van der Waals surface area contributed by atoms with E-state index in [4.69, 9.17) is 23.2 Å². The number of carbonyl (C=O) groups is 3. The zero-order chi connectivity index (χ0) is 27.4. The van der Waals surface area contributed by atoms with Crippen LogP contribution in [0.1, 0.15) is 5.69 Å². The van der Waals surface area contributed by atoms with Gasteiger partial charge in [0.2, 0.25) is 5.91 Å². The molecule has 3 heterocycles. The fourth-order valence-corrected chi connectivity index (χ4v) is 7.59. The van der Waals surface area contributed by atoms with Gasteiger partial charge in [-0.1, -0.05) is 47.1 Å². The second-order valence-electron chi connectivity index (χ2n) is 8.05. The molecule has 0 aliphatic carbocycles. The van der Waals surface area contributed by atoms with Crippen LogP contribution in [0.25, 0.3) is 0 Å². The molecule has 0 bridgehead atoms. The number of rotatable bonds is 10. The molecule has 0 unspecified atom stereocenters. The normalized spacial score (nSPS) is 18.9. The predicted molar refractivity (Wildman–Crippen MR) is 155 cm³/mol. The molecule has 1 aromatic carbocycles. The van der Waals surface area contributed by atoms with E-state index < -0.39 is 23.3 Å². The fourth-order valence-electron chi connectivity index (χ4n) is 3.72. The van der Waals surface area contributed by atoms with Crippen molar-refractivity contribution in [3.63, 3.8) is 0 Å². The highest BCUT2D eigenvalue weighted by atomic mass is 35.5. The summed E-state index contributed by atoms with van der Waals surface area (Å²) in [5, 5.41) is 14.6. The monoisotopic (exact) mass is 628 g/mol. The molecule has 200 valence electrons. The van der Waals surface area contributed by atoms with Crippen molar-refractivity contribution < 1.29 is 19.5 Å². The molecule has 2 aromatic rings. The summed E-state index contributed by atoms with van der Waals surface area (Å²) in [5.74, 6) is -0.949. The predicted octanol–water partition coefficient (Wildman–Crippen LogP) is 4.99. The number of halogens is 2. The summed E-state index contributed by atoms with van der Waals surface area (Å²) in [6, 6.07) is 6.09. The Labute approximate surface area is 246 Å². The van der Waals surface area contributed by atoms with Crippen molar-refractivity contribution in [3.05, 3.63) is 63.4 Å². The van der Waals surface area contributed by atoms with E-state index >= 15 is 0 Å². The first-order chi connectivity index (χ1) is 18.2. The van der Waals surface area contributed by atoms with Crippen LogP contribution in [0, 0.1) is 6.92 Å². The van der Waals surface area contributed by atoms with Gasteiger partial charge in [-0.2, -0.15) is 0 Å². The lowest BCUT2D eigenvalue weighted by atomic mass is 10.0. The van der Waals surface area contributed by atoms with Crippen molar-refractivity contribution in [2.45, 2.75) is 33.4 Å². The fraction of sp³-hybridized carbons (Fsp3) is 0.292. The average Bonchev–Trinajstić information content (AvgIpc) is 2.89. The van der Waals surface area contributed by atoms with E-state index in [0.717, 1.165) is 10.7 Å². The van der Waals surface area contributed by atoms with Gasteiger partial charge in [0.25, 0.3) is 5.91 Å². The Kier molecular flexibility index (Phi) is 9.99. The van der Waals surface area contributed by atoms with Crippen molar-refractivity contribution in [2.24, 2.45) is 0 Å². The van der Waals surface area contributed by atoms with Gasteiger partial charge in [-0.25, -0.2) is 14.8 Å². The summed E-state index contributed by atoms with van der Waals surface area (Å²) in [6.07, 6.45) is 5.52. The number of aliphatic carboxylic acids is 1. The third-order valence-electron chi connectivity index (χ3n) is 5.41. The molecule has 1 fully saturated rings. The number of thioether (sulfide) groups is 4. The first-order valence-corrected chi connectivity index (χ1v) is 16.2. The maximum atomic E-state index is 12.9. The van der Waals surface area contributed by atoms with E-state index in [2.05, 4.69) is 15.3 Å². The zero-order valence-electron chi connectivity index (χ0n) is 20.1. The highest BCUT2D eigenvalue weighted by Crippen LogP contribution is 2.41. The maximum absolute atomic E-state index is 12.9. The molecule has 14 heteroatoms. The molecule has 2 aliphatic heterocycles. The summed E-state index contributed by atoms with van der Waals surface area (Å²) in [4.78, 5) is 48.2. The molecule has 8 nitrogen and oxygen atoms in total. The summed E-state index contributed by atoms with van der Waals surface area (Å²) >= 11 is 17.8. The summed E-state index contributed by atoms with van der Waals surface area (Å²) in [6.45, 7) is 1.91. The van der Waals surface area contributed by atoms with Crippen LogP contribution in [0.4, 0.5) is 0 Å². The molecule has 38 heavy (non-hydrogen) atoms. The maximum Gasteiger partial charge on any atom is 0.352 e. The van der Waals surface area contributed by atoms with Gasteiger partial charge in [0.15, 0.2) is 5.16 Å². The lowest BCUT2D eigenvalue weighted by Crippen LogP contribution is -2.70. The molecule has 4 rings (SSSR count). The quantitative estimate of drug-likeness (QED) is 0.161. The molecule has 2 N–H and O–H groups in total. The zero-order valence-corrected chi connectivity index (χ0v) is 24.9. The van der Waals surface area contributed by atoms with Gasteiger partial charge in [-0.3, -0.25) is 14.5 Å². The minimum absolute atomic E-state index is 0.0405. The van der Waals surface area contributed by atoms with E-state index in [9.17, 15) is 19.5 Å². The van der Waals surface area contributed by atoms with E-state index in [1.54, 1.807) is 24.3 Å². The number of carbonyl (C=O) groups excluding carboxylic acids is 2. The number of carboxylic acids is 1. The third-order valence-corrected chi connectivity index (χ3v) is 9.85. The van der Waals surface area contributed by atoms with Crippen LogP contribution in [-0.2, 0) is 14.4 Å².